The number of nitrogens with zero attached hydrogens (tertiary/aromatic N) is 4. The molecule has 0 saturated heterocycles. The van der Waals surface area contributed by atoms with E-state index in [2.05, 4.69) is 15.0 Å². The summed E-state index contributed by atoms with van der Waals surface area (Å²) in [6.45, 7) is 0. The predicted molar refractivity (Wildman–Crippen MR) is 60.0 cm³/mol. The quantitative estimate of drug-likeness (QED) is 0.577. The molecule has 2 aromatic rings. The first-order valence-electron chi connectivity index (χ1n) is 4.25. The second-order valence-electron chi connectivity index (χ2n) is 2.89. The normalized spacial score (nSPS) is 9.81. The van der Waals surface area contributed by atoms with Crippen LogP contribution in [0.2, 0.25) is 10.4 Å². The lowest BCUT2D eigenvalue weighted by atomic mass is 10.2. The van der Waals surface area contributed by atoms with Gasteiger partial charge in [-0.1, -0.05) is 11.6 Å². The van der Waals surface area contributed by atoms with E-state index in [1.54, 1.807) is 18.2 Å². The number of halogens is 2. The lowest BCUT2D eigenvalue weighted by Crippen LogP contribution is -1.91. The fourth-order valence-corrected chi connectivity index (χ4v) is 1.54. The number of hydrogen-bond acceptors (Lipinski definition) is 4. The van der Waals surface area contributed by atoms with Crippen LogP contribution in [0.5, 0.6) is 0 Å². The van der Waals surface area contributed by atoms with Gasteiger partial charge in [0.25, 0.3) is 0 Å². The summed E-state index contributed by atoms with van der Waals surface area (Å²) in [6, 6.07) is 6.86. The van der Waals surface area contributed by atoms with Crippen molar-refractivity contribution >= 4 is 23.2 Å². The van der Waals surface area contributed by atoms with Gasteiger partial charge < -0.3 is 0 Å². The van der Waals surface area contributed by atoms with Gasteiger partial charge in [-0.2, -0.15) is 5.26 Å². The van der Waals surface area contributed by atoms with E-state index in [4.69, 9.17) is 28.5 Å². The standard InChI is InChI=1S/C10H4Cl2N4/c11-9-3-8(15-10(12)16-9)7-2-1-6(4-13)5-14-7/h1-3,5H. The lowest BCUT2D eigenvalue weighted by Gasteiger charge is -2.00. The molecular weight excluding hydrogens is 247 g/mol. The molecule has 0 N–H and O–H groups in total. The molecule has 16 heavy (non-hydrogen) atoms. The molecule has 4 nitrogen and oxygen atoms in total. The Bertz CT molecular complexity index is 540. The molecule has 0 atom stereocenters. The summed E-state index contributed by atoms with van der Waals surface area (Å²) in [4.78, 5) is 11.8. The number of hydrogen-bond donors (Lipinski definition) is 0. The molecule has 0 spiro atoms. The Morgan fingerprint density at radius 3 is 2.50 bits per heavy atom. The van der Waals surface area contributed by atoms with Crippen molar-refractivity contribution in [1.82, 2.24) is 15.0 Å². The first-order chi connectivity index (χ1) is 7.69. The Morgan fingerprint density at radius 1 is 1.12 bits per heavy atom. The molecule has 0 fully saturated rings. The molecular formula is C10H4Cl2N4. The average Bonchev–Trinajstić information content (AvgIpc) is 2.28. The maximum Gasteiger partial charge on any atom is 0.224 e. The zero-order valence-electron chi connectivity index (χ0n) is 7.85. The van der Waals surface area contributed by atoms with Crippen molar-refractivity contribution in [3.05, 3.63) is 40.4 Å². The molecule has 0 aliphatic rings. The highest BCUT2D eigenvalue weighted by Crippen LogP contribution is 2.19. The minimum atomic E-state index is 0.0636. The van der Waals surface area contributed by atoms with Gasteiger partial charge in [0.1, 0.15) is 11.2 Å². The molecule has 0 aliphatic carbocycles. The zero-order valence-corrected chi connectivity index (χ0v) is 9.37. The van der Waals surface area contributed by atoms with Gasteiger partial charge in [-0.25, -0.2) is 9.97 Å². The first kappa shape index (κ1) is 10.8. The Balaban J connectivity index is 2.47. The summed E-state index contributed by atoms with van der Waals surface area (Å²) in [5.74, 6) is 0. The lowest BCUT2D eigenvalue weighted by molar-refractivity contribution is 1.15. The average molecular weight is 251 g/mol. The van der Waals surface area contributed by atoms with Crippen LogP contribution >= 0.6 is 23.2 Å². The minimum Gasteiger partial charge on any atom is -0.253 e. The first-order valence-corrected chi connectivity index (χ1v) is 5.01. The highest BCUT2D eigenvalue weighted by Gasteiger charge is 2.05. The molecule has 6 heteroatoms. The van der Waals surface area contributed by atoms with Crippen molar-refractivity contribution in [2.24, 2.45) is 0 Å². The number of rotatable bonds is 1. The van der Waals surface area contributed by atoms with Crippen LogP contribution < -0.4 is 0 Å². The van der Waals surface area contributed by atoms with Crippen LogP contribution in [-0.4, -0.2) is 15.0 Å². The van der Waals surface area contributed by atoms with Crippen molar-refractivity contribution in [2.75, 3.05) is 0 Å². The van der Waals surface area contributed by atoms with Gasteiger partial charge >= 0.3 is 0 Å². The third-order valence-corrected chi connectivity index (χ3v) is 2.19. The fraction of sp³-hybridized carbons (Fsp3) is 0. The van der Waals surface area contributed by atoms with Gasteiger partial charge in [-0.15, -0.1) is 0 Å². The van der Waals surface area contributed by atoms with Gasteiger partial charge in [-0.3, -0.25) is 4.98 Å². The molecule has 2 aromatic heterocycles. The van der Waals surface area contributed by atoms with E-state index in [9.17, 15) is 0 Å². The maximum atomic E-state index is 8.63. The van der Waals surface area contributed by atoms with E-state index >= 15 is 0 Å². The van der Waals surface area contributed by atoms with Crippen LogP contribution in [-0.2, 0) is 0 Å². The van der Waals surface area contributed by atoms with Crippen LogP contribution in [0.25, 0.3) is 11.4 Å². The summed E-state index contributed by atoms with van der Waals surface area (Å²) in [5.41, 5.74) is 1.59. The monoisotopic (exact) mass is 250 g/mol. The van der Waals surface area contributed by atoms with E-state index < -0.39 is 0 Å². The van der Waals surface area contributed by atoms with Crippen molar-refractivity contribution in [2.45, 2.75) is 0 Å². The molecule has 0 aliphatic heterocycles. The number of pyridine rings is 1. The number of nitriles is 1. The van der Waals surface area contributed by atoms with Gasteiger partial charge in [-0.05, 0) is 23.7 Å². The molecule has 0 radical (unpaired) electrons. The van der Waals surface area contributed by atoms with Gasteiger partial charge in [0.05, 0.1) is 17.0 Å². The highest BCUT2D eigenvalue weighted by atomic mass is 35.5. The zero-order chi connectivity index (χ0) is 11.5. The molecule has 0 unspecified atom stereocenters. The SMILES string of the molecule is N#Cc1ccc(-c2cc(Cl)nc(Cl)n2)nc1. The molecule has 78 valence electrons. The molecule has 0 amide bonds. The Hall–Kier alpha value is -1.70. The Kier molecular flexibility index (Phi) is 3.00. The van der Waals surface area contributed by atoms with Crippen molar-refractivity contribution in [3.8, 4) is 17.5 Å². The summed E-state index contributed by atoms with van der Waals surface area (Å²) in [7, 11) is 0. The smallest absolute Gasteiger partial charge is 0.224 e. The van der Waals surface area contributed by atoms with Crippen LogP contribution in [0.4, 0.5) is 0 Å². The van der Waals surface area contributed by atoms with Crippen molar-refractivity contribution in [3.63, 3.8) is 0 Å². The molecule has 2 heterocycles. The largest absolute Gasteiger partial charge is 0.253 e. The van der Waals surface area contributed by atoms with Crippen LogP contribution in [0.1, 0.15) is 5.56 Å². The predicted octanol–water partition coefficient (Wildman–Crippen LogP) is 2.72. The van der Waals surface area contributed by atoms with E-state index in [1.165, 1.54) is 6.20 Å². The summed E-state index contributed by atoms with van der Waals surface area (Å²) < 4.78 is 0. The van der Waals surface area contributed by atoms with E-state index in [0.29, 0.717) is 17.0 Å². The highest BCUT2D eigenvalue weighted by molar-refractivity contribution is 6.32. The van der Waals surface area contributed by atoms with Crippen LogP contribution in [0.15, 0.2) is 24.4 Å². The van der Waals surface area contributed by atoms with Crippen molar-refractivity contribution in [1.29, 1.82) is 5.26 Å². The summed E-state index contributed by atoms with van der Waals surface area (Å²) in [6.07, 6.45) is 1.46. The van der Waals surface area contributed by atoms with Crippen molar-refractivity contribution < 1.29 is 0 Å². The van der Waals surface area contributed by atoms with Crippen LogP contribution in [0, 0.1) is 11.3 Å². The topological polar surface area (TPSA) is 62.5 Å². The second-order valence-corrected chi connectivity index (χ2v) is 3.61. The molecule has 0 bridgehead atoms. The minimum absolute atomic E-state index is 0.0636. The van der Waals surface area contributed by atoms with Gasteiger partial charge in [0.15, 0.2) is 0 Å². The summed E-state index contributed by atoms with van der Waals surface area (Å²) in [5, 5.41) is 8.94. The number of aromatic nitrogens is 3. The fourth-order valence-electron chi connectivity index (χ4n) is 1.13. The van der Waals surface area contributed by atoms with Crippen LogP contribution in [0.3, 0.4) is 0 Å². The Labute approximate surface area is 102 Å². The maximum absolute atomic E-state index is 8.63. The summed E-state index contributed by atoms with van der Waals surface area (Å²) >= 11 is 11.4. The van der Waals surface area contributed by atoms with E-state index in [0.717, 1.165) is 0 Å². The van der Waals surface area contributed by atoms with Gasteiger partial charge in [0, 0.05) is 12.3 Å². The van der Waals surface area contributed by atoms with E-state index in [1.807, 2.05) is 6.07 Å². The second kappa shape index (κ2) is 4.44. The Morgan fingerprint density at radius 2 is 1.94 bits per heavy atom. The molecule has 2 rings (SSSR count). The van der Waals surface area contributed by atoms with Gasteiger partial charge in [0.2, 0.25) is 5.28 Å². The van der Waals surface area contributed by atoms with E-state index in [-0.39, 0.29) is 10.4 Å². The molecule has 0 aromatic carbocycles. The third-order valence-electron chi connectivity index (χ3n) is 1.82. The third kappa shape index (κ3) is 2.27. The molecule has 0 saturated carbocycles.